The maximum absolute atomic E-state index is 5.59. The van der Waals surface area contributed by atoms with Crippen molar-refractivity contribution in [1.82, 2.24) is 14.5 Å². The van der Waals surface area contributed by atoms with Crippen molar-refractivity contribution in [2.45, 2.75) is 46.6 Å². The summed E-state index contributed by atoms with van der Waals surface area (Å²) in [4.78, 5) is 9.79. The molecule has 0 saturated carbocycles. The van der Waals surface area contributed by atoms with Crippen LogP contribution >= 0.6 is 0 Å². The Bertz CT molecular complexity index is 997. The Labute approximate surface area is 179 Å². The minimum atomic E-state index is 0.205. The third kappa shape index (κ3) is 4.50. The van der Waals surface area contributed by atoms with E-state index in [4.69, 9.17) is 24.2 Å². The van der Waals surface area contributed by atoms with Crippen LogP contribution in [0.2, 0.25) is 0 Å². The van der Waals surface area contributed by atoms with E-state index < -0.39 is 0 Å². The van der Waals surface area contributed by atoms with E-state index in [1.54, 1.807) is 14.2 Å². The monoisotopic (exact) mass is 411 g/mol. The number of aryl methyl sites for hydroxylation is 3. The molecule has 0 aliphatic heterocycles. The van der Waals surface area contributed by atoms with E-state index in [1.807, 2.05) is 13.0 Å². The van der Waals surface area contributed by atoms with E-state index >= 15 is 0 Å². The summed E-state index contributed by atoms with van der Waals surface area (Å²) >= 11 is 0. The lowest BCUT2D eigenvalue weighted by molar-refractivity contribution is 0.123. The molecule has 0 N–H and O–H groups in total. The van der Waals surface area contributed by atoms with Gasteiger partial charge in [0.25, 0.3) is 0 Å². The van der Waals surface area contributed by atoms with Crippen LogP contribution in [0.25, 0.3) is 22.3 Å². The zero-order valence-corrected chi connectivity index (χ0v) is 19.0. The van der Waals surface area contributed by atoms with Gasteiger partial charge in [0.2, 0.25) is 5.88 Å². The average molecular weight is 412 g/mol. The van der Waals surface area contributed by atoms with E-state index in [2.05, 4.69) is 43.7 Å². The van der Waals surface area contributed by atoms with Gasteiger partial charge in [-0.25, -0.2) is 9.97 Å². The molecule has 0 fully saturated rings. The number of hydrogen-bond acceptors (Lipinski definition) is 5. The standard InChI is InChI=1S/C24H33N3O3/c1-7-20-19(9-10-22(25-20)30-8-2)23-16(3)13-21-24(26-23)17(4)14-27(21)18(15-29-6)11-12-28-5/h9-10,13-14,18H,7-8,11-12,15H2,1-6H3. The van der Waals surface area contributed by atoms with Crippen molar-refractivity contribution in [3.05, 3.63) is 41.2 Å². The zero-order chi connectivity index (χ0) is 21.7. The highest BCUT2D eigenvalue weighted by atomic mass is 16.5. The number of methoxy groups -OCH3 is 2. The van der Waals surface area contributed by atoms with Crippen LogP contribution in [-0.4, -0.2) is 48.6 Å². The SMILES string of the molecule is CCOc1ccc(-c2nc3c(C)cn(C(CCOC)COC)c3cc2C)c(CC)n1. The predicted molar refractivity (Wildman–Crippen MR) is 120 cm³/mol. The van der Waals surface area contributed by atoms with Crippen molar-refractivity contribution >= 4 is 11.0 Å². The molecule has 0 aliphatic carbocycles. The fourth-order valence-corrected chi connectivity index (χ4v) is 3.94. The first-order valence-electron chi connectivity index (χ1n) is 10.6. The third-order valence-electron chi connectivity index (χ3n) is 5.42. The van der Waals surface area contributed by atoms with Gasteiger partial charge in [-0.15, -0.1) is 0 Å². The molecule has 1 atom stereocenters. The Morgan fingerprint density at radius 2 is 1.83 bits per heavy atom. The van der Waals surface area contributed by atoms with Crippen LogP contribution in [0.3, 0.4) is 0 Å². The number of aromatic nitrogens is 3. The zero-order valence-electron chi connectivity index (χ0n) is 19.0. The maximum Gasteiger partial charge on any atom is 0.213 e. The van der Waals surface area contributed by atoms with Crippen LogP contribution in [0.4, 0.5) is 0 Å². The Hall–Kier alpha value is -2.44. The quantitative estimate of drug-likeness (QED) is 0.475. The summed E-state index contributed by atoms with van der Waals surface area (Å²) < 4.78 is 18.7. The molecule has 30 heavy (non-hydrogen) atoms. The van der Waals surface area contributed by atoms with Gasteiger partial charge >= 0.3 is 0 Å². The topological polar surface area (TPSA) is 58.4 Å². The number of rotatable bonds is 10. The molecule has 6 nitrogen and oxygen atoms in total. The fourth-order valence-electron chi connectivity index (χ4n) is 3.94. The number of ether oxygens (including phenoxy) is 3. The molecular formula is C24H33N3O3. The highest BCUT2D eigenvalue weighted by molar-refractivity contribution is 5.84. The summed E-state index contributed by atoms with van der Waals surface area (Å²) in [6.45, 7) is 10.2. The summed E-state index contributed by atoms with van der Waals surface area (Å²) in [5.41, 5.74) is 7.49. The molecule has 162 valence electrons. The first-order valence-corrected chi connectivity index (χ1v) is 10.6. The average Bonchev–Trinajstić information content (AvgIpc) is 3.06. The second-order valence-corrected chi connectivity index (χ2v) is 7.56. The van der Waals surface area contributed by atoms with Crippen LogP contribution < -0.4 is 4.74 Å². The number of nitrogens with zero attached hydrogens (tertiary/aromatic N) is 3. The fraction of sp³-hybridized carbons (Fsp3) is 0.500. The summed E-state index contributed by atoms with van der Waals surface area (Å²) in [5, 5.41) is 0. The normalized spacial score (nSPS) is 12.5. The molecule has 3 aromatic heterocycles. The van der Waals surface area contributed by atoms with Crippen LogP contribution in [-0.2, 0) is 15.9 Å². The molecule has 0 radical (unpaired) electrons. The summed E-state index contributed by atoms with van der Waals surface area (Å²) in [5.74, 6) is 0.666. The van der Waals surface area contributed by atoms with Crippen molar-refractivity contribution in [3.8, 4) is 17.1 Å². The third-order valence-corrected chi connectivity index (χ3v) is 5.42. The summed E-state index contributed by atoms with van der Waals surface area (Å²) in [6, 6.07) is 6.45. The maximum atomic E-state index is 5.59. The van der Waals surface area contributed by atoms with E-state index in [0.29, 0.717) is 25.7 Å². The minimum absolute atomic E-state index is 0.205. The molecule has 3 rings (SSSR count). The van der Waals surface area contributed by atoms with Gasteiger partial charge in [0.15, 0.2) is 0 Å². The van der Waals surface area contributed by atoms with Crippen molar-refractivity contribution in [2.75, 3.05) is 34.0 Å². The molecule has 0 bridgehead atoms. The molecule has 3 heterocycles. The summed E-state index contributed by atoms with van der Waals surface area (Å²) in [6.07, 6.45) is 3.89. The van der Waals surface area contributed by atoms with Gasteiger partial charge in [0.05, 0.1) is 41.7 Å². The molecule has 0 saturated heterocycles. The van der Waals surface area contributed by atoms with Gasteiger partial charge in [-0.05, 0) is 56.9 Å². The van der Waals surface area contributed by atoms with Gasteiger partial charge < -0.3 is 18.8 Å². The van der Waals surface area contributed by atoms with Crippen molar-refractivity contribution in [1.29, 1.82) is 0 Å². The smallest absolute Gasteiger partial charge is 0.213 e. The molecule has 0 amide bonds. The van der Waals surface area contributed by atoms with E-state index in [9.17, 15) is 0 Å². The van der Waals surface area contributed by atoms with Gasteiger partial charge in [0.1, 0.15) is 0 Å². The van der Waals surface area contributed by atoms with E-state index in [-0.39, 0.29) is 6.04 Å². The Kier molecular flexibility index (Phi) is 7.45. The largest absolute Gasteiger partial charge is 0.478 e. The second kappa shape index (κ2) is 10.0. The highest BCUT2D eigenvalue weighted by Crippen LogP contribution is 2.32. The van der Waals surface area contributed by atoms with Crippen LogP contribution in [0.15, 0.2) is 24.4 Å². The lowest BCUT2D eigenvalue weighted by atomic mass is 10.0. The van der Waals surface area contributed by atoms with Gasteiger partial charge in [-0.3, -0.25) is 0 Å². The molecule has 1 unspecified atom stereocenters. The predicted octanol–water partition coefficient (Wildman–Crippen LogP) is 4.90. The van der Waals surface area contributed by atoms with Gasteiger partial charge in [-0.1, -0.05) is 6.92 Å². The van der Waals surface area contributed by atoms with E-state index in [1.165, 1.54) is 0 Å². The number of fused-ring (bicyclic) bond motifs is 1. The van der Waals surface area contributed by atoms with Crippen molar-refractivity contribution < 1.29 is 14.2 Å². The lowest BCUT2D eigenvalue weighted by Crippen LogP contribution is -2.16. The number of hydrogen-bond donors (Lipinski definition) is 0. The van der Waals surface area contributed by atoms with E-state index in [0.717, 1.165) is 52.0 Å². The molecule has 0 spiro atoms. The van der Waals surface area contributed by atoms with Crippen molar-refractivity contribution in [3.63, 3.8) is 0 Å². The molecular weight excluding hydrogens is 378 g/mol. The van der Waals surface area contributed by atoms with Crippen molar-refractivity contribution in [2.24, 2.45) is 0 Å². The first-order chi connectivity index (χ1) is 14.5. The Balaban J connectivity index is 2.10. The van der Waals surface area contributed by atoms with Crippen LogP contribution in [0.1, 0.15) is 43.1 Å². The minimum Gasteiger partial charge on any atom is -0.478 e. The number of pyridine rings is 2. The Morgan fingerprint density at radius 3 is 2.50 bits per heavy atom. The summed E-state index contributed by atoms with van der Waals surface area (Å²) in [7, 11) is 3.47. The van der Waals surface area contributed by atoms with Crippen LogP contribution in [0.5, 0.6) is 5.88 Å². The first kappa shape index (κ1) is 22.2. The van der Waals surface area contributed by atoms with Gasteiger partial charge in [0, 0.05) is 38.7 Å². The highest BCUT2D eigenvalue weighted by Gasteiger charge is 2.19. The molecule has 0 aliphatic rings. The molecule has 6 heteroatoms. The lowest BCUT2D eigenvalue weighted by Gasteiger charge is -2.19. The van der Waals surface area contributed by atoms with Crippen LogP contribution in [0, 0.1) is 13.8 Å². The van der Waals surface area contributed by atoms with Gasteiger partial charge in [-0.2, -0.15) is 0 Å². The molecule has 0 aromatic carbocycles. The molecule has 3 aromatic rings. The second-order valence-electron chi connectivity index (χ2n) is 7.56. The Morgan fingerprint density at radius 1 is 1.03 bits per heavy atom.